The molecule has 5 nitrogen and oxygen atoms in total. The highest BCUT2D eigenvalue weighted by molar-refractivity contribution is 8.00. The number of anilines is 1. The van der Waals surface area contributed by atoms with Crippen molar-refractivity contribution in [3.8, 4) is 0 Å². The van der Waals surface area contributed by atoms with E-state index in [0.29, 0.717) is 5.13 Å². The Morgan fingerprint density at radius 1 is 1.33 bits per heavy atom. The molecule has 0 aliphatic heterocycles. The summed E-state index contributed by atoms with van der Waals surface area (Å²) in [6.07, 6.45) is 3.83. The third kappa shape index (κ3) is 3.62. The summed E-state index contributed by atoms with van der Waals surface area (Å²) in [4.78, 5) is 12.3. The minimum Gasteiger partial charge on any atom is -0.464 e. The molecule has 2 aromatic heterocycles. The number of amides is 1. The van der Waals surface area contributed by atoms with Crippen molar-refractivity contribution in [1.29, 1.82) is 0 Å². The molecule has 1 aromatic carbocycles. The van der Waals surface area contributed by atoms with Crippen LogP contribution in [-0.4, -0.2) is 22.4 Å². The molecule has 2 heterocycles. The number of carbonyl (C=O) groups excluding carboxylic acids is 1. The quantitative estimate of drug-likeness (QED) is 0.548. The van der Waals surface area contributed by atoms with E-state index in [1.54, 1.807) is 6.26 Å². The van der Waals surface area contributed by atoms with Gasteiger partial charge >= 0.3 is 0 Å². The van der Waals surface area contributed by atoms with Crippen molar-refractivity contribution >= 4 is 45.1 Å². The Hall–Kier alpha value is -1.86. The lowest BCUT2D eigenvalue weighted by Crippen LogP contribution is -2.14. The van der Waals surface area contributed by atoms with Crippen LogP contribution in [-0.2, 0) is 16.6 Å². The summed E-state index contributed by atoms with van der Waals surface area (Å²) < 4.78 is 6.41. The van der Waals surface area contributed by atoms with Gasteiger partial charge in [-0.2, -0.15) is 0 Å². The summed E-state index contributed by atoms with van der Waals surface area (Å²) in [6, 6.07) is 6.14. The van der Waals surface area contributed by atoms with E-state index in [4.69, 9.17) is 4.42 Å². The Labute approximate surface area is 148 Å². The van der Waals surface area contributed by atoms with Gasteiger partial charge in [-0.15, -0.1) is 10.2 Å². The van der Waals surface area contributed by atoms with E-state index in [9.17, 15) is 4.79 Å². The summed E-state index contributed by atoms with van der Waals surface area (Å²) >= 11 is 2.88. The molecule has 1 amide bonds. The molecule has 0 saturated carbocycles. The number of nitrogens with one attached hydrogen (secondary N) is 1. The SMILES string of the molecule is CSc1nnc(NC(=O)Cc2coc3ccc(C(C)(C)C)cc23)s1. The van der Waals surface area contributed by atoms with Gasteiger partial charge in [-0.1, -0.05) is 49.9 Å². The number of benzene rings is 1. The molecule has 0 spiro atoms. The molecule has 0 fully saturated rings. The van der Waals surface area contributed by atoms with Crippen LogP contribution >= 0.6 is 23.1 Å². The van der Waals surface area contributed by atoms with E-state index >= 15 is 0 Å². The molecule has 0 aliphatic rings. The zero-order valence-electron chi connectivity index (χ0n) is 14.0. The number of aromatic nitrogens is 2. The minimum atomic E-state index is -0.123. The minimum absolute atomic E-state index is 0.0474. The maximum Gasteiger partial charge on any atom is 0.230 e. The van der Waals surface area contributed by atoms with Gasteiger partial charge in [-0.25, -0.2) is 0 Å². The number of fused-ring (bicyclic) bond motifs is 1. The van der Waals surface area contributed by atoms with Gasteiger partial charge < -0.3 is 9.73 Å². The monoisotopic (exact) mass is 361 g/mol. The van der Waals surface area contributed by atoms with E-state index < -0.39 is 0 Å². The molecule has 126 valence electrons. The highest BCUT2D eigenvalue weighted by atomic mass is 32.2. The largest absolute Gasteiger partial charge is 0.464 e. The predicted octanol–water partition coefficient (Wildman–Crippen LogP) is 4.48. The van der Waals surface area contributed by atoms with Crippen molar-refractivity contribution in [2.24, 2.45) is 0 Å². The lowest BCUT2D eigenvalue weighted by atomic mass is 9.86. The first-order valence-electron chi connectivity index (χ1n) is 7.55. The molecule has 1 N–H and O–H groups in total. The van der Waals surface area contributed by atoms with E-state index in [0.717, 1.165) is 20.9 Å². The van der Waals surface area contributed by atoms with E-state index in [-0.39, 0.29) is 17.7 Å². The Kier molecular flexibility index (Phi) is 4.64. The van der Waals surface area contributed by atoms with Gasteiger partial charge in [0.05, 0.1) is 12.7 Å². The van der Waals surface area contributed by atoms with Crippen molar-refractivity contribution in [2.45, 2.75) is 36.9 Å². The van der Waals surface area contributed by atoms with Crippen molar-refractivity contribution in [3.05, 3.63) is 35.6 Å². The topological polar surface area (TPSA) is 68.0 Å². The fraction of sp³-hybridized carbons (Fsp3) is 0.353. The number of rotatable bonds is 4. The first-order valence-corrected chi connectivity index (χ1v) is 9.59. The molecule has 0 atom stereocenters. The van der Waals surface area contributed by atoms with Crippen molar-refractivity contribution in [1.82, 2.24) is 10.2 Å². The average Bonchev–Trinajstić information content (AvgIpc) is 3.13. The van der Waals surface area contributed by atoms with Crippen molar-refractivity contribution in [3.63, 3.8) is 0 Å². The molecule has 24 heavy (non-hydrogen) atoms. The van der Waals surface area contributed by atoms with Crippen LogP contribution in [0.1, 0.15) is 31.9 Å². The molecular weight excluding hydrogens is 342 g/mol. The van der Waals surface area contributed by atoms with Crippen molar-refractivity contribution < 1.29 is 9.21 Å². The van der Waals surface area contributed by atoms with Gasteiger partial charge in [-0.05, 0) is 29.4 Å². The molecule has 0 bridgehead atoms. The van der Waals surface area contributed by atoms with E-state index in [1.807, 2.05) is 12.3 Å². The van der Waals surface area contributed by atoms with Crippen LogP contribution in [0.25, 0.3) is 11.0 Å². The average molecular weight is 361 g/mol. The molecule has 0 saturated heterocycles. The standard InChI is InChI=1S/C17H19N3O2S2/c1-17(2,3)11-5-6-13-12(8-11)10(9-22-13)7-14(21)18-15-19-20-16(23-4)24-15/h5-6,8-9H,7H2,1-4H3,(H,18,19,21). The van der Waals surface area contributed by atoms with Crippen LogP contribution in [0, 0.1) is 0 Å². The molecular formula is C17H19N3O2S2. The molecule has 0 radical (unpaired) electrons. The first kappa shape index (κ1) is 17.0. The Morgan fingerprint density at radius 2 is 2.12 bits per heavy atom. The van der Waals surface area contributed by atoms with Crippen LogP contribution in [0.3, 0.4) is 0 Å². The summed E-state index contributed by atoms with van der Waals surface area (Å²) in [5.41, 5.74) is 2.94. The smallest absolute Gasteiger partial charge is 0.230 e. The van der Waals surface area contributed by atoms with Gasteiger partial charge in [0.1, 0.15) is 5.58 Å². The zero-order chi connectivity index (χ0) is 17.3. The number of nitrogens with zero attached hydrogens (tertiary/aromatic N) is 2. The van der Waals surface area contributed by atoms with Crippen LogP contribution in [0.4, 0.5) is 5.13 Å². The maximum atomic E-state index is 12.3. The first-order chi connectivity index (χ1) is 11.4. The molecule has 0 aliphatic carbocycles. The van der Waals surface area contributed by atoms with Crippen LogP contribution in [0.15, 0.2) is 33.2 Å². The number of thioether (sulfide) groups is 1. The second kappa shape index (κ2) is 6.57. The fourth-order valence-electron chi connectivity index (χ4n) is 2.36. The Bertz CT molecular complexity index is 877. The number of furan rings is 1. The van der Waals surface area contributed by atoms with Gasteiger partial charge in [0.15, 0.2) is 4.34 Å². The number of hydrogen-bond acceptors (Lipinski definition) is 6. The van der Waals surface area contributed by atoms with E-state index in [2.05, 4.69) is 48.4 Å². The summed E-state index contributed by atoms with van der Waals surface area (Å²) in [7, 11) is 0. The Morgan fingerprint density at radius 3 is 2.79 bits per heavy atom. The second-order valence-corrected chi connectivity index (χ2v) is 8.55. The zero-order valence-corrected chi connectivity index (χ0v) is 15.7. The number of carbonyl (C=O) groups is 1. The van der Waals surface area contributed by atoms with Crippen molar-refractivity contribution in [2.75, 3.05) is 11.6 Å². The lowest BCUT2D eigenvalue weighted by Gasteiger charge is -2.18. The third-order valence-corrected chi connectivity index (χ3v) is 5.51. The van der Waals surface area contributed by atoms with Gasteiger partial charge in [0.2, 0.25) is 11.0 Å². The highest BCUT2D eigenvalue weighted by Gasteiger charge is 2.17. The molecule has 0 unspecified atom stereocenters. The van der Waals surface area contributed by atoms with Crippen LogP contribution in [0.5, 0.6) is 0 Å². The van der Waals surface area contributed by atoms with Gasteiger partial charge in [0.25, 0.3) is 0 Å². The Balaban J connectivity index is 1.80. The van der Waals surface area contributed by atoms with Crippen LogP contribution < -0.4 is 5.32 Å². The predicted molar refractivity (Wildman–Crippen MR) is 98.9 cm³/mol. The number of hydrogen-bond donors (Lipinski definition) is 1. The summed E-state index contributed by atoms with van der Waals surface area (Å²) in [6.45, 7) is 6.50. The molecule has 3 rings (SSSR count). The summed E-state index contributed by atoms with van der Waals surface area (Å²) in [5.74, 6) is -0.123. The fourth-order valence-corrected chi connectivity index (χ4v) is 3.55. The van der Waals surface area contributed by atoms with Crippen LogP contribution in [0.2, 0.25) is 0 Å². The second-order valence-electron chi connectivity index (χ2n) is 6.52. The molecule has 7 heteroatoms. The maximum absolute atomic E-state index is 12.3. The third-order valence-electron chi connectivity index (χ3n) is 3.70. The van der Waals surface area contributed by atoms with Gasteiger partial charge in [0, 0.05) is 10.9 Å². The summed E-state index contributed by atoms with van der Waals surface area (Å²) in [5, 5.41) is 12.2. The normalized spacial score (nSPS) is 11.8. The van der Waals surface area contributed by atoms with E-state index in [1.165, 1.54) is 28.7 Å². The molecule has 3 aromatic rings. The lowest BCUT2D eigenvalue weighted by molar-refractivity contribution is -0.115. The van der Waals surface area contributed by atoms with Gasteiger partial charge in [-0.3, -0.25) is 4.79 Å². The highest BCUT2D eigenvalue weighted by Crippen LogP contribution is 2.29.